The molecule has 0 bridgehead atoms. The molecule has 1 aromatic carbocycles. The molecule has 0 saturated carbocycles. The van der Waals surface area contributed by atoms with Crippen LogP contribution >= 0.6 is 0 Å². The molecule has 2 unspecified atom stereocenters. The Hall–Kier alpha value is -1.06. The number of benzene rings is 1. The molecule has 1 heterocycles. The summed E-state index contributed by atoms with van der Waals surface area (Å²) in [6.07, 6.45) is 2.37. The Morgan fingerprint density at radius 3 is 2.90 bits per heavy atom. The number of hydrogen-bond donors (Lipinski definition) is 1. The highest BCUT2D eigenvalue weighted by molar-refractivity contribution is 5.39. The summed E-state index contributed by atoms with van der Waals surface area (Å²) in [6, 6.07) is 6.80. The van der Waals surface area contributed by atoms with Gasteiger partial charge in [-0.25, -0.2) is 0 Å². The van der Waals surface area contributed by atoms with Gasteiger partial charge in [-0.1, -0.05) is 24.6 Å². The Kier molecular flexibility index (Phi) is 5.86. The maximum absolute atomic E-state index is 5.83. The van der Waals surface area contributed by atoms with Gasteiger partial charge in [-0.15, -0.1) is 0 Å². The predicted octanol–water partition coefficient (Wildman–Crippen LogP) is 3.47. The van der Waals surface area contributed by atoms with Crippen molar-refractivity contribution in [2.24, 2.45) is 5.92 Å². The van der Waals surface area contributed by atoms with Crippen LogP contribution in [0.5, 0.6) is 5.75 Å². The molecule has 0 spiro atoms. The fourth-order valence-electron chi connectivity index (χ4n) is 2.98. The zero-order valence-corrected chi connectivity index (χ0v) is 12.9. The average molecular weight is 277 g/mol. The van der Waals surface area contributed by atoms with Gasteiger partial charge in [0.15, 0.2) is 0 Å². The minimum atomic E-state index is 0.321. The van der Waals surface area contributed by atoms with E-state index >= 15 is 0 Å². The maximum Gasteiger partial charge on any atom is 0.124 e. The molecule has 3 nitrogen and oxygen atoms in total. The molecular weight excluding hydrogens is 250 g/mol. The van der Waals surface area contributed by atoms with Crippen molar-refractivity contribution in [3.05, 3.63) is 29.3 Å². The third-order valence-corrected chi connectivity index (χ3v) is 3.89. The quantitative estimate of drug-likeness (QED) is 0.863. The molecule has 1 aliphatic heterocycles. The van der Waals surface area contributed by atoms with Gasteiger partial charge in [-0.2, -0.15) is 0 Å². The molecule has 1 saturated heterocycles. The average Bonchev–Trinajstić information content (AvgIpc) is 2.48. The van der Waals surface area contributed by atoms with E-state index < -0.39 is 0 Å². The molecule has 0 aromatic heterocycles. The first-order valence-electron chi connectivity index (χ1n) is 7.80. The minimum Gasteiger partial charge on any atom is -0.494 e. The third-order valence-electron chi connectivity index (χ3n) is 3.89. The molecular formula is C17H27NO2. The van der Waals surface area contributed by atoms with Gasteiger partial charge in [0.05, 0.1) is 13.2 Å². The van der Waals surface area contributed by atoms with E-state index in [1.807, 2.05) is 6.92 Å². The standard InChI is InChI=1S/C17H27NO2/c1-4-18-17(14-7-6-10-19-12-14)15-11-13(3)8-9-16(15)20-5-2/h8-9,11,14,17-18H,4-7,10,12H2,1-3H3. The second kappa shape index (κ2) is 7.65. The summed E-state index contributed by atoms with van der Waals surface area (Å²) in [5.41, 5.74) is 2.56. The van der Waals surface area contributed by atoms with Crippen molar-refractivity contribution in [1.29, 1.82) is 0 Å². The fraction of sp³-hybridized carbons (Fsp3) is 0.647. The van der Waals surface area contributed by atoms with Crippen LogP contribution in [0.15, 0.2) is 18.2 Å². The summed E-state index contributed by atoms with van der Waals surface area (Å²) >= 11 is 0. The van der Waals surface area contributed by atoms with E-state index in [1.54, 1.807) is 0 Å². The van der Waals surface area contributed by atoms with Crippen molar-refractivity contribution < 1.29 is 9.47 Å². The number of nitrogens with one attached hydrogen (secondary N) is 1. The van der Waals surface area contributed by atoms with Crippen LogP contribution in [-0.2, 0) is 4.74 Å². The number of ether oxygens (including phenoxy) is 2. The monoisotopic (exact) mass is 277 g/mol. The Morgan fingerprint density at radius 1 is 1.40 bits per heavy atom. The third kappa shape index (κ3) is 3.74. The van der Waals surface area contributed by atoms with E-state index in [2.05, 4.69) is 37.4 Å². The van der Waals surface area contributed by atoms with E-state index in [0.717, 1.165) is 31.9 Å². The zero-order chi connectivity index (χ0) is 14.4. The maximum atomic E-state index is 5.83. The summed E-state index contributed by atoms with van der Waals surface area (Å²) in [6.45, 7) is 9.75. The lowest BCUT2D eigenvalue weighted by molar-refractivity contribution is 0.0388. The Balaban J connectivity index is 2.28. The summed E-state index contributed by atoms with van der Waals surface area (Å²) in [5, 5.41) is 3.63. The van der Waals surface area contributed by atoms with Crippen LogP contribution in [0.2, 0.25) is 0 Å². The van der Waals surface area contributed by atoms with Crippen molar-refractivity contribution in [3.8, 4) is 5.75 Å². The van der Waals surface area contributed by atoms with Crippen molar-refractivity contribution in [2.45, 2.75) is 39.7 Å². The van der Waals surface area contributed by atoms with Crippen molar-refractivity contribution in [2.75, 3.05) is 26.4 Å². The zero-order valence-electron chi connectivity index (χ0n) is 12.9. The first kappa shape index (κ1) is 15.3. The lowest BCUT2D eigenvalue weighted by Crippen LogP contribution is -2.33. The summed E-state index contributed by atoms with van der Waals surface area (Å²) in [7, 11) is 0. The molecule has 0 amide bonds. The molecule has 1 aliphatic rings. The highest BCUT2D eigenvalue weighted by Gasteiger charge is 2.27. The van der Waals surface area contributed by atoms with Crippen LogP contribution in [0.3, 0.4) is 0 Å². The van der Waals surface area contributed by atoms with Crippen molar-refractivity contribution in [1.82, 2.24) is 5.32 Å². The highest BCUT2D eigenvalue weighted by atomic mass is 16.5. The van der Waals surface area contributed by atoms with Gasteiger partial charge >= 0.3 is 0 Å². The number of rotatable bonds is 6. The van der Waals surface area contributed by atoms with Gasteiger partial charge in [0.2, 0.25) is 0 Å². The van der Waals surface area contributed by atoms with Gasteiger partial charge in [0.1, 0.15) is 5.75 Å². The molecule has 20 heavy (non-hydrogen) atoms. The van der Waals surface area contributed by atoms with Gasteiger partial charge in [-0.05, 0) is 39.3 Å². The molecule has 1 aromatic rings. The summed E-state index contributed by atoms with van der Waals surface area (Å²) < 4.78 is 11.5. The molecule has 0 aliphatic carbocycles. The molecule has 1 N–H and O–H groups in total. The fourth-order valence-corrected chi connectivity index (χ4v) is 2.98. The van der Waals surface area contributed by atoms with Gasteiger partial charge < -0.3 is 14.8 Å². The van der Waals surface area contributed by atoms with Gasteiger partial charge in [-0.3, -0.25) is 0 Å². The van der Waals surface area contributed by atoms with Crippen LogP contribution < -0.4 is 10.1 Å². The number of aryl methyl sites for hydroxylation is 1. The molecule has 3 heteroatoms. The first-order valence-corrected chi connectivity index (χ1v) is 7.80. The second-order valence-corrected chi connectivity index (χ2v) is 5.49. The van der Waals surface area contributed by atoms with Crippen molar-refractivity contribution in [3.63, 3.8) is 0 Å². The molecule has 2 atom stereocenters. The summed E-state index contributed by atoms with van der Waals surface area (Å²) in [5.74, 6) is 1.54. The molecule has 112 valence electrons. The van der Waals surface area contributed by atoms with Crippen LogP contribution in [0.4, 0.5) is 0 Å². The van der Waals surface area contributed by atoms with Gasteiger partial charge in [0.25, 0.3) is 0 Å². The SMILES string of the molecule is CCNC(c1cc(C)ccc1OCC)C1CCCOC1. The Bertz CT molecular complexity index is 413. The minimum absolute atomic E-state index is 0.321. The lowest BCUT2D eigenvalue weighted by Gasteiger charge is -2.32. The second-order valence-electron chi connectivity index (χ2n) is 5.49. The molecule has 1 fully saturated rings. The predicted molar refractivity (Wildman–Crippen MR) is 82.3 cm³/mol. The normalized spacial score (nSPS) is 20.6. The van der Waals surface area contributed by atoms with Crippen LogP contribution in [0.25, 0.3) is 0 Å². The summed E-state index contributed by atoms with van der Waals surface area (Å²) in [4.78, 5) is 0. The number of hydrogen-bond acceptors (Lipinski definition) is 3. The van der Waals surface area contributed by atoms with Crippen LogP contribution in [0.1, 0.15) is 43.9 Å². The van der Waals surface area contributed by atoms with E-state index in [1.165, 1.54) is 17.5 Å². The first-order chi connectivity index (χ1) is 9.76. The highest BCUT2D eigenvalue weighted by Crippen LogP contribution is 2.34. The van der Waals surface area contributed by atoms with E-state index in [4.69, 9.17) is 9.47 Å². The van der Waals surface area contributed by atoms with Gasteiger partial charge in [0, 0.05) is 24.1 Å². The van der Waals surface area contributed by atoms with Crippen LogP contribution in [-0.4, -0.2) is 26.4 Å². The lowest BCUT2D eigenvalue weighted by atomic mass is 9.87. The molecule has 0 radical (unpaired) electrons. The molecule has 2 rings (SSSR count). The van der Waals surface area contributed by atoms with Crippen LogP contribution in [0, 0.1) is 12.8 Å². The largest absolute Gasteiger partial charge is 0.494 e. The van der Waals surface area contributed by atoms with E-state index in [0.29, 0.717) is 18.6 Å². The van der Waals surface area contributed by atoms with Crippen molar-refractivity contribution >= 4 is 0 Å². The smallest absolute Gasteiger partial charge is 0.124 e. The van der Waals surface area contributed by atoms with E-state index in [9.17, 15) is 0 Å². The van der Waals surface area contributed by atoms with E-state index in [-0.39, 0.29) is 0 Å². The Labute approximate surface area is 122 Å². The topological polar surface area (TPSA) is 30.5 Å². The Morgan fingerprint density at radius 2 is 2.25 bits per heavy atom.